The molecule has 6 heteroatoms. The summed E-state index contributed by atoms with van der Waals surface area (Å²) in [6, 6.07) is 5.08. The highest BCUT2D eigenvalue weighted by atomic mass is 16.5. The van der Waals surface area contributed by atoms with E-state index in [-0.39, 0.29) is 17.8 Å². The van der Waals surface area contributed by atoms with E-state index in [4.69, 9.17) is 4.74 Å². The van der Waals surface area contributed by atoms with Gasteiger partial charge in [0.15, 0.2) is 0 Å². The van der Waals surface area contributed by atoms with E-state index in [0.717, 1.165) is 18.5 Å². The lowest BCUT2D eigenvalue weighted by molar-refractivity contribution is -0.149. The monoisotopic (exact) mass is 287 g/mol. The first-order chi connectivity index (χ1) is 10.2. The number of rotatable bonds is 3. The summed E-state index contributed by atoms with van der Waals surface area (Å²) in [5.74, 6) is -0.449. The number of fused-ring (bicyclic) bond motifs is 1. The van der Waals surface area contributed by atoms with E-state index in [1.54, 1.807) is 13.0 Å². The molecule has 2 amide bonds. The van der Waals surface area contributed by atoms with Crippen LogP contribution in [0.25, 0.3) is 0 Å². The Bertz CT molecular complexity index is 699. The second-order valence-electron chi connectivity index (χ2n) is 5.18. The SMILES string of the molecule is CCOC(=O)[C@H]1CNCC[C@H]1c1cccc2c1=NC(=O)N=2. The van der Waals surface area contributed by atoms with Crippen molar-refractivity contribution < 1.29 is 14.3 Å². The summed E-state index contributed by atoms with van der Waals surface area (Å²) in [7, 11) is 0. The van der Waals surface area contributed by atoms with Crippen molar-refractivity contribution in [3.63, 3.8) is 0 Å². The lowest BCUT2D eigenvalue weighted by Crippen LogP contribution is -2.43. The summed E-state index contributed by atoms with van der Waals surface area (Å²) in [5, 5.41) is 4.44. The van der Waals surface area contributed by atoms with Crippen LogP contribution in [0.4, 0.5) is 4.79 Å². The quantitative estimate of drug-likeness (QED) is 0.812. The van der Waals surface area contributed by atoms with Gasteiger partial charge in [-0.2, -0.15) is 9.98 Å². The molecule has 0 bridgehead atoms. The molecule has 0 saturated carbocycles. The third-order valence-corrected chi connectivity index (χ3v) is 3.94. The van der Waals surface area contributed by atoms with Crippen molar-refractivity contribution in [1.29, 1.82) is 0 Å². The molecule has 1 aromatic carbocycles. The van der Waals surface area contributed by atoms with Gasteiger partial charge in [-0.1, -0.05) is 12.1 Å². The molecule has 2 aliphatic heterocycles. The van der Waals surface area contributed by atoms with Crippen molar-refractivity contribution in [3.8, 4) is 0 Å². The van der Waals surface area contributed by atoms with E-state index >= 15 is 0 Å². The minimum absolute atomic E-state index is 0.00472. The number of nitrogens with one attached hydrogen (secondary N) is 1. The van der Waals surface area contributed by atoms with E-state index in [2.05, 4.69) is 15.3 Å². The maximum absolute atomic E-state index is 12.2. The summed E-state index contributed by atoms with van der Waals surface area (Å²) in [5.41, 5.74) is 0.918. The van der Waals surface area contributed by atoms with Gasteiger partial charge in [0.05, 0.1) is 23.2 Å². The fraction of sp³-hybridized carbons (Fsp3) is 0.467. The smallest absolute Gasteiger partial charge is 0.368 e. The number of hydrogen-bond acceptors (Lipinski definition) is 4. The van der Waals surface area contributed by atoms with Crippen LogP contribution in [0.15, 0.2) is 28.2 Å². The molecule has 0 aliphatic carbocycles. The average molecular weight is 287 g/mol. The van der Waals surface area contributed by atoms with E-state index in [9.17, 15) is 9.59 Å². The van der Waals surface area contributed by atoms with Crippen LogP contribution < -0.4 is 16.0 Å². The predicted octanol–water partition coefficient (Wildman–Crippen LogP) is 0.316. The Kier molecular flexibility index (Phi) is 3.79. The lowest BCUT2D eigenvalue weighted by atomic mass is 9.81. The van der Waals surface area contributed by atoms with Crippen LogP contribution in [-0.4, -0.2) is 31.7 Å². The molecule has 2 heterocycles. The molecule has 0 unspecified atom stereocenters. The molecule has 1 fully saturated rings. The van der Waals surface area contributed by atoms with Gasteiger partial charge in [0.1, 0.15) is 0 Å². The van der Waals surface area contributed by atoms with Crippen molar-refractivity contribution in [2.75, 3.05) is 19.7 Å². The number of carbonyl (C=O) groups is 2. The number of hydrogen-bond donors (Lipinski definition) is 1. The summed E-state index contributed by atoms with van der Waals surface area (Å²) in [6.45, 7) is 3.58. The third kappa shape index (κ3) is 2.58. The third-order valence-electron chi connectivity index (χ3n) is 3.94. The lowest BCUT2D eigenvalue weighted by Gasteiger charge is -2.30. The van der Waals surface area contributed by atoms with Gasteiger partial charge in [-0.15, -0.1) is 0 Å². The zero-order chi connectivity index (χ0) is 14.8. The fourth-order valence-corrected chi connectivity index (χ4v) is 3.01. The van der Waals surface area contributed by atoms with Crippen LogP contribution in [0.1, 0.15) is 24.8 Å². The van der Waals surface area contributed by atoms with Gasteiger partial charge in [0.25, 0.3) is 0 Å². The molecule has 3 rings (SSSR count). The summed E-state index contributed by atoms with van der Waals surface area (Å²) in [4.78, 5) is 31.4. The normalized spacial score (nSPS) is 24.0. The Balaban J connectivity index is 2.01. The Morgan fingerprint density at radius 1 is 1.43 bits per heavy atom. The number of benzene rings is 1. The first-order valence-corrected chi connectivity index (χ1v) is 7.18. The molecular weight excluding hydrogens is 270 g/mol. The molecule has 21 heavy (non-hydrogen) atoms. The molecule has 2 atom stereocenters. The standard InChI is InChI=1S/C15H17N3O3/c1-2-21-14(19)11-8-16-7-6-9(11)10-4-3-5-12-13(10)18-15(20)17-12/h3-5,9,11,16H,2,6-8H2,1H3/t9-,11-/m0/s1. The minimum atomic E-state index is -0.473. The zero-order valence-electron chi connectivity index (χ0n) is 11.8. The highest BCUT2D eigenvalue weighted by Gasteiger charge is 2.34. The Labute approximate surface area is 121 Å². The van der Waals surface area contributed by atoms with Crippen LogP contribution in [0.3, 0.4) is 0 Å². The molecule has 110 valence electrons. The van der Waals surface area contributed by atoms with Gasteiger partial charge in [-0.25, -0.2) is 4.79 Å². The van der Waals surface area contributed by atoms with Crippen molar-refractivity contribution >= 4 is 12.0 Å². The molecule has 1 saturated heterocycles. The number of esters is 1. The van der Waals surface area contributed by atoms with Crippen molar-refractivity contribution in [3.05, 3.63) is 34.5 Å². The van der Waals surface area contributed by atoms with E-state index < -0.39 is 6.03 Å². The largest absolute Gasteiger partial charge is 0.466 e. The summed E-state index contributed by atoms with van der Waals surface area (Å²) >= 11 is 0. The first-order valence-electron chi connectivity index (χ1n) is 7.18. The topological polar surface area (TPSA) is 80.1 Å². The Hall–Kier alpha value is -2.08. The van der Waals surface area contributed by atoms with Gasteiger partial charge in [-0.05, 0) is 31.5 Å². The number of urea groups is 1. The van der Waals surface area contributed by atoms with E-state index in [1.807, 2.05) is 12.1 Å². The van der Waals surface area contributed by atoms with Crippen molar-refractivity contribution in [2.45, 2.75) is 19.3 Å². The van der Waals surface area contributed by atoms with E-state index in [1.165, 1.54) is 0 Å². The second kappa shape index (κ2) is 5.73. The number of nitrogens with zero attached hydrogens (tertiary/aromatic N) is 2. The highest BCUT2D eigenvalue weighted by Crippen LogP contribution is 2.29. The van der Waals surface area contributed by atoms with Gasteiger partial charge in [0, 0.05) is 12.5 Å². The fourth-order valence-electron chi connectivity index (χ4n) is 3.01. The maximum atomic E-state index is 12.2. The molecule has 2 aliphatic rings. The van der Waals surface area contributed by atoms with Crippen molar-refractivity contribution in [2.24, 2.45) is 15.9 Å². The van der Waals surface area contributed by atoms with Gasteiger partial charge < -0.3 is 10.1 Å². The summed E-state index contributed by atoms with van der Waals surface area (Å²) in [6.07, 6.45) is 0.809. The van der Waals surface area contributed by atoms with Crippen LogP contribution >= 0.6 is 0 Å². The first kappa shape index (κ1) is 13.9. The molecule has 1 aromatic rings. The molecule has 0 radical (unpaired) electrons. The molecule has 6 nitrogen and oxygen atoms in total. The average Bonchev–Trinajstić information content (AvgIpc) is 2.87. The number of ether oxygens (including phenoxy) is 1. The Morgan fingerprint density at radius 2 is 2.29 bits per heavy atom. The number of amides is 2. The highest BCUT2D eigenvalue weighted by molar-refractivity contribution is 5.78. The van der Waals surface area contributed by atoms with Crippen LogP contribution in [0.5, 0.6) is 0 Å². The molecular formula is C15H17N3O3. The van der Waals surface area contributed by atoms with Crippen LogP contribution in [-0.2, 0) is 9.53 Å². The van der Waals surface area contributed by atoms with Gasteiger partial charge >= 0.3 is 12.0 Å². The number of para-hydroxylation sites is 1. The number of carbonyl (C=O) groups excluding carboxylic acids is 2. The second-order valence-corrected chi connectivity index (χ2v) is 5.18. The number of piperidine rings is 1. The minimum Gasteiger partial charge on any atom is -0.466 e. The van der Waals surface area contributed by atoms with Crippen LogP contribution in [0.2, 0.25) is 0 Å². The summed E-state index contributed by atoms with van der Waals surface area (Å²) < 4.78 is 5.17. The molecule has 1 N–H and O–H groups in total. The Morgan fingerprint density at radius 3 is 3.10 bits per heavy atom. The molecule has 0 aromatic heterocycles. The van der Waals surface area contributed by atoms with Crippen LogP contribution in [0, 0.1) is 5.92 Å². The van der Waals surface area contributed by atoms with Gasteiger partial charge in [-0.3, -0.25) is 4.79 Å². The van der Waals surface area contributed by atoms with Gasteiger partial charge in [0.2, 0.25) is 0 Å². The maximum Gasteiger partial charge on any atom is 0.368 e. The molecule has 0 spiro atoms. The zero-order valence-corrected chi connectivity index (χ0v) is 11.8. The van der Waals surface area contributed by atoms with E-state index in [0.29, 0.717) is 23.9 Å². The predicted molar refractivity (Wildman–Crippen MR) is 74.5 cm³/mol. The van der Waals surface area contributed by atoms with Crippen molar-refractivity contribution in [1.82, 2.24) is 5.32 Å².